The number of nitrogens with zero attached hydrogens (tertiary/aromatic N) is 4. The van der Waals surface area contributed by atoms with E-state index in [4.69, 9.17) is 9.26 Å². The number of ether oxygens (including phenoxy) is 1. The number of aromatic nitrogens is 4. The zero-order valence-electron chi connectivity index (χ0n) is 11.8. The number of imidazole rings is 1. The minimum Gasteiger partial charge on any atom is -0.450 e. The smallest absolute Gasteiger partial charge is 0.409 e. The van der Waals surface area contributed by atoms with Gasteiger partial charge in [0.1, 0.15) is 0 Å². The van der Waals surface area contributed by atoms with Gasteiger partial charge < -0.3 is 19.1 Å². The number of hydrogen-bond donors (Lipinski definition) is 1. The quantitative estimate of drug-likeness (QED) is 0.926. The van der Waals surface area contributed by atoms with Gasteiger partial charge in [0, 0.05) is 25.5 Å². The standard InChI is InChI=1S/C13H17N5O3/c1-2-20-13(19)18-7-3-4-9(8-18)12-16-11(17-21-12)10-14-5-6-15-10/h5-6,9H,2-4,7-8H2,1H3,(H,14,15)/t9-/m0/s1. The number of amides is 1. The average Bonchev–Trinajstić information content (AvgIpc) is 3.18. The molecular weight excluding hydrogens is 274 g/mol. The van der Waals surface area contributed by atoms with Crippen LogP contribution in [0.3, 0.4) is 0 Å². The second-order valence-corrected chi connectivity index (χ2v) is 4.88. The Balaban J connectivity index is 1.70. The molecule has 112 valence electrons. The molecule has 1 saturated heterocycles. The van der Waals surface area contributed by atoms with Crippen LogP contribution in [0.2, 0.25) is 0 Å². The second-order valence-electron chi connectivity index (χ2n) is 4.88. The van der Waals surface area contributed by atoms with Crippen molar-refractivity contribution < 1.29 is 14.1 Å². The van der Waals surface area contributed by atoms with Crippen LogP contribution in [0.15, 0.2) is 16.9 Å². The number of piperidine rings is 1. The molecule has 8 nitrogen and oxygen atoms in total. The Hall–Kier alpha value is -2.38. The van der Waals surface area contributed by atoms with Gasteiger partial charge in [-0.3, -0.25) is 0 Å². The summed E-state index contributed by atoms with van der Waals surface area (Å²) in [5.74, 6) is 1.58. The van der Waals surface area contributed by atoms with E-state index < -0.39 is 0 Å². The summed E-state index contributed by atoms with van der Waals surface area (Å²) < 4.78 is 10.4. The first-order valence-corrected chi connectivity index (χ1v) is 7.03. The van der Waals surface area contributed by atoms with E-state index in [2.05, 4.69) is 20.1 Å². The topological polar surface area (TPSA) is 97.1 Å². The molecule has 3 heterocycles. The van der Waals surface area contributed by atoms with E-state index in [1.807, 2.05) is 0 Å². The van der Waals surface area contributed by atoms with E-state index in [0.29, 0.717) is 37.2 Å². The minimum absolute atomic E-state index is 0.0411. The average molecular weight is 291 g/mol. The van der Waals surface area contributed by atoms with Gasteiger partial charge in [0.15, 0.2) is 5.82 Å². The number of H-pyrrole nitrogens is 1. The molecule has 0 unspecified atom stereocenters. The number of likely N-dealkylation sites (tertiary alicyclic amines) is 1. The van der Waals surface area contributed by atoms with E-state index >= 15 is 0 Å². The minimum atomic E-state index is -0.284. The molecule has 0 spiro atoms. The van der Waals surface area contributed by atoms with Crippen molar-refractivity contribution in [1.29, 1.82) is 0 Å². The number of carbonyl (C=O) groups is 1. The lowest BCUT2D eigenvalue weighted by Gasteiger charge is -2.29. The molecule has 0 radical (unpaired) electrons. The summed E-state index contributed by atoms with van der Waals surface area (Å²) in [7, 11) is 0. The van der Waals surface area contributed by atoms with Crippen LogP contribution in [-0.2, 0) is 4.74 Å². The first-order valence-electron chi connectivity index (χ1n) is 7.03. The molecule has 8 heteroatoms. The third-order valence-corrected chi connectivity index (χ3v) is 3.45. The normalized spacial score (nSPS) is 18.7. The van der Waals surface area contributed by atoms with Crippen LogP contribution in [-0.4, -0.2) is 50.8 Å². The Morgan fingerprint density at radius 2 is 2.52 bits per heavy atom. The van der Waals surface area contributed by atoms with Gasteiger partial charge in [0.2, 0.25) is 11.7 Å². The van der Waals surface area contributed by atoms with Crippen LogP contribution in [0.1, 0.15) is 31.6 Å². The fourth-order valence-corrected chi connectivity index (χ4v) is 2.44. The molecule has 2 aromatic heterocycles. The van der Waals surface area contributed by atoms with Gasteiger partial charge in [-0.2, -0.15) is 4.98 Å². The fourth-order valence-electron chi connectivity index (χ4n) is 2.44. The highest BCUT2D eigenvalue weighted by Crippen LogP contribution is 2.27. The lowest BCUT2D eigenvalue weighted by Crippen LogP contribution is -2.39. The predicted octanol–water partition coefficient (Wildman–Crippen LogP) is 1.80. The summed E-state index contributed by atoms with van der Waals surface area (Å²) >= 11 is 0. The number of hydrogen-bond acceptors (Lipinski definition) is 6. The summed E-state index contributed by atoms with van der Waals surface area (Å²) in [6, 6.07) is 0. The van der Waals surface area contributed by atoms with E-state index in [0.717, 1.165) is 12.8 Å². The van der Waals surface area contributed by atoms with Crippen molar-refractivity contribution in [1.82, 2.24) is 25.0 Å². The van der Waals surface area contributed by atoms with Crippen molar-refractivity contribution in [3.63, 3.8) is 0 Å². The molecule has 0 saturated carbocycles. The van der Waals surface area contributed by atoms with Gasteiger partial charge in [-0.15, -0.1) is 0 Å². The highest BCUT2D eigenvalue weighted by Gasteiger charge is 2.29. The van der Waals surface area contributed by atoms with E-state index in [1.54, 1.807) is 24.2 Å². The second kappa shape index (κ2) is 5.94. The van der Waals surface area contributed by atoms with Crippen LogP contribution in [0, 0.1) is 0 Å². The SMILES string of the molecule is CCOC(=O)N1CCC[C@H](c2nc(-c3ncc[nH]3)no2)C1. The Morgan fingerprint density at radius 3 is 3.29 bits per heavy atom. The maximum Gasteiger partial charge on any atom is 0.409 e. The summed E-state index contributed by atoms with van der Waals surface area (Å²) in [5.41, 5.74) is 0. The predicted molar refractivity (Wildman–Crippen MR) is 72.4 cm³/mol. The van der Waals surface area contributed by atoms with Gasteiger partial charge in [0.25, 0.3) is 0 Å². The van der Waals surface area contributed by atoms with E-state index in [9.17, 15) is 4.79 Å². The van der Waals surface area contributed by atoms with Gasteiger partial charge in [-0.25, -0.2) is 9.78 Å². The molecule has 1 fully saturated rings. The summed E-state index contributed by atoms with van der Waals surface area (Å²) in [6.07, 6.45) is 4.86. The first-order chi connectivity index (χ1) is 10.3. The maximum atomic E-state index is 11.8. The maximum absolute atomic E-state index is 11.8. The number of rotatable bonds is 3. The first kappa shape index (κ1) is 13.6. The van der Waals surface area contributed by atoms with Crippen LogP contribution < -0.4 is 0 Å². The molecule has 0 aromatic carbocycles. The highest BCUT2D eigenvalue weighted by molar-refractivity contribution is 5.67. The number of aromatic amines is 1. The molecule has 1 amide bonds. The lowest BCUT2D eigenvalue weighted by atomic mass is 9.98. The molecule has 21 heavy (non-hydrogen) atoms. The largest absolute Gasteiger partial charge is 0.450 e. The van der Waals surface area contributed by atoms with Gasteiger partial charge in [0.05, 0.1) is 12.5 Å². The van der Waals surface area contributed by atoms with Crippen LogP contribution in [0.4, 0.5) is 4.79 Å². The zero-order valence-corrected chi connectivity index (χ0v) is 11.8. The van der Waals surface area contributed by atoms with Crippen molar-refractivity contribution in [2.45, 2.75) is 25.7 Å². The molecule has 0 bridgehead atoms. The lowest BCUT2D eigenvalue weighted by molar-refractivity contribution is 0.0930. The van der Waals surface area contributed by atoms with Crippen molar-refractivity contribution >= 4 is 6.09 Å². The van der Waals surface area contributed by atoms with Gasteiger partial charge >= 0.3 is 6.09 Å². The van der Waals surface area contributed by atoms with E-state index in [1.165, 1.54) is 0 Å². The van der Waals surface area contributed by atoms with Crippen molar-refractivity contribution in [3.05, 3.63) is 18.3 Å². The molecule has 3 rings (SSSR count). The number of carbonyl (C=O) groups excluding carboxylic acids is 1. The molecule has 2 aromatic rings. The number of nitrogens with one attached hydrogen (secondary N) is 1. The monoisotopic (exact) mass is 291 g/mol. The molecule has 1 atom stereocenters. The summed E-state index contributed by atoms with van der Waals surface area (Å²) in [6.45, 7) is 3.42. The molecule has 1 aliphatic heterocycles. The Morgan fingerprint density at radius 1 is 1.62 bits per heavy atom. The van der Waals surface area contributed by atoms with Crippen molar-refractivity contribution in [3.8, 4) is 11.6 Å². The van der Waals surface area contributed by atoms with Crippen molar-refractivity contribution in [2.75, 3.05) is 19.7 Å². The van der Waals surface area contributed by atoms with Gasteiger partial charge in [-0.1, -0.05) is 5.16 Å². The van der Waals surface area contributed by atoms with Crippen LogP contribution in [0.5, 0.6) is 0 Å². The molecule has 1 N–H and O–H groups in total. The molecule has 1 aliphatic rings. The molecular formula is C13H17N5O3. The third-order valence-electron chi connectivity index (χ3n) is 3.45. The zero-order chi connectivity index (χ0) is 14.7. The highest BCUT2D eigenvalue weighted by atomic mass is 16.6. The van der Waals surface area contributed by atoms with Crippen molar-refractivity contribution in [2.24, 2.45) is 0 Å². The Bertz CT molecular complexity index is 595. The Labute approximate surface area is 121 Å². The van der Waals surface area contributed by atoms with E-state index in [-0.39, 0.29) is 12.0 Å². The third kappa shape index (κ3) is 2.88. The molecule has 0 aliphatic carbocycles. The van der Waals surface area contributed by atoms with Crippen LogP contribution in [0.25, 0.3) is 11.6 Å². The fraction of sp³-hybridized carbons (Fsp3) is 0.538. The summed E-state index contributed by atoms with van der Waals surface area (Å²) in [4.78, 5) is 24.9. The van der Waals surface area contributed by atoms with Gasteiger partial charge in [-0.05, 0) is 19.8 Å². The Kier molecular flexibility index (Phi) is 3.85. The van der Waals surface area contributed by atoms with Crippen LogP contribution >= 0.6 is 0 Å². The summed E-state index contributed by atoms with van der Waals surface area (Å²) in [5, 5.41) is 3.93.